The molecule has 0 bridgehead atoms. The molecule has 0 saturated heterocycles. The van der Waals surface area contributed by atoms with Crippen molar-refractivity contribution in [1.29, 1.82) is 0 Å². The molecule has 1 aliphatic carbocycles. The second-order valence-corrected chi connectivity index (χ2v) is 8.89. The monoisotopic (exact) mass is 427 g/mol. The molecule has 1 saturated carbocycles. The summed E-state index contributed by atoms with van der Waals surface area (Å²) in [6, 6.07) is 11.4. The Morgan fingerprint density at radius 1 is 1.22 bits per heavy atom. The first-order chi connectivity index (χ1) is 15.5. The largest absolute Gasteiger partial charge is 0.493 e. The zero-order valence-electron chi connectivity index (χ0n) is 17.7. The third kappa shape index (κ3) is 2.95. The van der Waals surface area contributed by atoms with Crippen molar-refractivity contribution in [3.8, 4) is 16.9 Å². The standard InChI is InChI=1S/C27H22FNO3/c1-14-10-17-11-20(15-2-3-15)22(28)12-21(17)26(19(14)13-24(30)31)18-4-5-23-25-16(7-9-32-23)6-8-29-27(18)25/h4-6,8,10-12,15H,2-3,7,9,13H2,1H3,(H,30,31). The molecule has 0 amide bonds. The van der Waals surface area contributed by atoms with E-state index in [4.69, 9.17) is 4.74 Å². The molecule has 1 N–H and O–H groups in total. The fourth-order valence-electron chi connectivity index (χ4n) is 5.12. The van der Waals surface area contributed by atoms with Crippen LogP contribution < -0.4 is 4.74 Å². The van der Waals surface area contributed by atoms with Crippen LogP contribution >= 0.6 is 0 Å². The number of carboxylic acids is 1. The number of aliphatic carboxylic acids is 1. The highest BCUT2D eigenvalue weighted by Gasteiger charge is 2.28. The number of pyridine rings is 1. The van der Waals surface area contributed by atoms with Crippen LogP contribution in [-0.4, -0.2) is 22.7 Å². The van der Waals surface area contributed by atoms with Crippen LogP contribution in [0.2, 0.25) is 0 Å². The van der Waals surface area contributed by atoms with Gasteiger partial charge in [0.15, 0.2) is 0 Å². The minimum atomic E-state index is -0.914. The Labute approximate surface area is 184 Å². The Morgan fingerprint density at radius 2 is 2.06 bits per heavy atom. The summed E-state index contributed by atoms with van der Waals surface area (Å²) < 4.78 is 21.0. The summed E-state index contributed by atoms with van der Waals surface area (Å²) in [5, 5.41) is 12.3. The molecule has 5 heteroatoms. The van der Waals surface area contributed by atoms with E-state index in [1.54, 1.807) is 12.3 Å². The van der Waals surface area contributed by atoms with Crippen LogP contribution in [0.25, 0.3) is 32.8 Å². The summed E-state index contributed by atoms with van der Waals surface area (Å²) in [6.45, 7) is 2.56. The summed E-state index contributed by atoms with van der Waals surface area (Å²) in [5.74, 6) is -0.0496. The van der Waals surface area contributed by atoms with Crippen LogP contribution in [0.15, 0.2) is 42.6 Å². The van der Waals surface area contributed by atoms with Crippen molar-refractivity contribution in [2.24, 2.45) is 0 Å². The number of rotatable bonds is 4. The van der Waals surface area contributed by atoms with Crippen LogP contribution in [0, 0.1) is 12.7 Å². The molecule has 2 heterocycles. The van der Waals surface area contributed by atoms with Crippen molar-refractivity contribution >= 4 is 27.6 Å². The normalized spacial score (nSPS) is 15.2. The Kier molecular flexibility index (Phi) is 4.22. The van der Waals surface area contributed by atoms with E-state index in [9.17, 15) is 9.90 Å². The number of nitrogens with zero attached hydrogens (tertiary/aromatic N) is 1. The maximum absolute atomic E-state index is 15.2. The molecule has 6 rings (SSSR count). The molecule has 1 fully saturated rings. The van der Waals surface area contributed by atoms with Gasteiger partial charge < -0.3 is 9.84 Å². The highest BCUT2D eigenvalue weighted by molar-refractivity contribution is 6.08. The Hall–Kier alpha value is -3.47. The van der Waals surface area contributed by atoms with E-state index in [0.29, 0.717) is 18.1 Å². The SMILES string of the molecule is Cc1cc2cc(C3CC3)c(F)cc2c(-c2ccc3c4c(ccnc24)CCO3)c1CC(=O)O. The van der Waals surface area contributed by atoms with Gasteiger partial charge in [0.05, 0.1) is 18.5 Å². The maximum atomic E-state index is 15.2. The van der Waals surface area contributed by atoms with Crippen molar-refractivity contribution in [2.45, 2.75) is 38.5 Å². The molecule has 0 atom stereocenters. The molecule has 3 aromatic carbocycles. The van der Waals surface area contributed by atoms with Crippen molar-refractivity contribution in [1.82, 2.24) is 4.98 Å². The van der Waals surface area contributed by atoms with E-state index < -0.39 is 5.97 Å². The summed E-state index contributed by atoms with van der Waals surface area (Å²) in [6.07, 6.45) is 4.49. The van der Waals surface area contributed by atoms with Gasteiger partial charge in [0.1, 0.15) is 11.6 Å². The summed E-state index contributed by atoms with van der Waals surface area (Å²) >= 11 is 0. The van der Waals surface area contributed by atoms with E-state index in [1.165, 1.54) is 0 Å². The zero-order chi connectivity index (χ0) is 22.0. The van der Waals surface area contributed by atoms with Crippen molar-refractivity contribution < 1.29 is 19.0 Å². The molecule has 4 nitrogen and oxygen atoms in total. The van der Waals surface area contributed by atoms with Crippen molar-refractivity contribution in [2.75, 3.05) is 6.61 Å². The minimum Gasteiger partial charge on any atom is -0.493 e. The van der Waals surface area contributed by atoms with Gasteiger partial charge >= 0.3 is 5.97 Å². The zero-order valence-corrected chi connectivity index (χ0v) is 17.7. The second-order valence-electron chi connectivity index (χ2n) is 8.89. The predicted molar refractivity (Wildman–Crippen MR) is 122 cm³/mol. The highest BCUT2D eigenvalue weighted by atomic mass is 19.1. The first-order valence-corrected chi connectivity index (χ1v) is 11.0. The van der Waals surface area contributed by atoms with Gasteiger partial charge in [-0.3, -0.25) is 9.78 Å². The maximum Gasteiger partial charge on any atom is 0.307 e. The molecule has 0 unspecified atom stereocenters. The summed E-state index contributed by atoms with van der Waals surface area (Å²) in [4.78, 5) is 16.5. The molecule has 160 valence electrons. The molecule has 0 radical (unpaired) electrons. The van der Waals surface area contributed by atoms with Gasteiger partial charge in [0, 0.05) is 23.6 Å². The number of carbonyl (C=O) groups is 1. The van der Waals surface area contributed by atoms with Gasteiger partial charge in [0.25, 0.3) is 0 Å². The number of fused-ring (bicyclic) bond motifs is 1. The first-order valence-electron chi connectivity index (χ1n) is 11.0. The minimum absolute atomic E-state index is 0.136. The fourth-order valence-corrected chi connectivity index (χ4v) is 5.12. The van der Waals surface area contributed by atoms with Crippen LogP contribution in [0.5, 0.6) is 5.75 Å². The lowest BCUT2D eigenvalue weighted by molar-refractivity contribution is -0.136. The van der Waals surface area contributed by atoms with Crippen LogP contribution in [0.3, 0.4) is 0 Å². The highest BCUT2D eigenvalue weighted by Crippen LogP contribution is 2.46. The third-order valence-electron chi connectivity index (χ3n) is 6.77. The van der Waals surface area contributed by atoms with Gasteiger partial charge in [-0.15, -0.1) is 0 Å². The average Bonchev–Trinajstić information content (AvgIpc) is 3.61. The van der Waals surface area contributed by atoms with E-state index in [1.807, 2.05) is 37.3 Å². The number of hydrogen-bond donors (Lipinski definition) is 1. The number of hydrogen-bond acceptors (Lipinski definition) is 3. The quantitative estimate of drug-likeness (QED) is 0.438. The lowest BCUT2D eigenvalue weighted by Crippen LogP contribution is -2.10. The Bertz CT molecular complexity index is 1430. The number of benzene rings is 3. The lowest BCUT2D eigenvalue weighted by Gasteiger charge is -2.22. The molecular weight excluding hydrogens is 405 g/mol. The molecule has 32 heavy (non-hydrogen) atoms. The number of ether oxygens (including phenoxy) is 1. The van der Waals surface area contributed by atoms with Crippen LogP contribution in [0.1, 0.15) is 41.0 Å². The fraction of sp³-hybridized carbons (Fsp3) is 0.259. The molecule has 2 aliphatic rings. The predicted octanol–water partition coefficient (Wildman–Crippen LogP) is 5.94. The Balaban J connectivity index is 1.72. The number of aromatic nitrogens is 1. The summed E-state index contributed by atoms with van der Waals surface area (Å²) in [5.41, 5.74) is 5.85. The van der Waals surface area contributed by atoms with Gasteiger partial charge in [-0.05, 0) is 94.6 Å². The molecule has 1 aromatic heterocycles. The average molecular weight is 427 g/mol. The van der Waals surface area contributed by atoms with E-state index >= 15 is 4.39 Å². The van der Waals surface area contributed by atoms with E-state index in [0.717, 1.165) is 74.5 Å². The first kappa shape index (κ1) is 19.2. The molecule has 0 spiro atoms. The Morgan fingerprint density at radius 3 is 2.84 bits per heavy atom. The van der Waals surface area contributed by atoms with Gasteiger partial charge in [-0.1, -0.05) is 6.07 Å². The van der Waals surface area contributed by atoms with Gasteiger partial charge in [0.2, 0.25) is 0 Å². The number of carboxylic acid groups (broad SMARTS) is 1. The molecule has 4 aromatic rings. The smallest absolute Gasteiger partial charge is 0.307 e. The van der Waals surface area contributed by atoms with Crippen molar-refractivity contribution in [3.05, 3.63) is 70.7 Å². The van der Waals surface area contributed by atoms with Gasteiger partial charge in [-0.2, -0.15) is 0 Å². The topological polar surface area (TPSA) is 59.4 Å². The van der Waals surface area contributed by atoms with Crippen LogP contribution in [0.4, 0.5) is 4.39 Å². The van der Waals surface area contributed by atoms with Crippen LogP contribution in [-0.2, 0) is 17.6 Å². The summed E-state index contributed by atoms with van der Waals surface area (Å²) in [7, 11) is 0. The second kappa shape index (κ2) is 7.02. The van der Waals surface area contributed by atoms with Gasteiger partial charge in [-0.25, -0.2) is 4.39 Å². The van der Waals surface area contributed by atoms with E-state index in [-0.39, 0.29) is 12.2 Å². The molecule has 1 aliphatic heterocycles. The molecular formula is C27H22FNO3. The van der Waals surface area contributed by atoms with E-state index in [2.05, 4.69) is 4.98 Å². The number of halogens is 1. The van der Waals surface area contributed by atoms with Crippen molar-refractivity contribution in [3.63, 3.8) is 0 Å². The third-order valence-corrected chi connectivity index (χ3v) is 6.77. The number of aryl methyl sites for hydroxylation is 1. The lowest BCUT2D eigenvalue weighted by atomic mass is 9.86.